The molecule has 2 aromatic carbocycles. The van der Waals surface area contributed by atoms with Gasteiger partial charge in [0, 0.05) is 29.4 Å². The number of pyridine rings is 1. The summed E-state index contributed by atoms with van der Waals surface area (Å²) in [5.41, 5.74) is 1.83. The average Bonchev–Trinajstić information content (AvgIpc) is 2.66. The highest BCUT2D eigenvalue weighted by Crippen LogP contribution is 2.19. The zero-order valence-corrected chi connectivity index (χ0v) is 14.9. The first-order valence-electron chi connectivity index (χ1n) is 9.14. The largest absolute Gasteiger partial charge is 0.354 e. The van der Waals surface area contributed by atoms with Gasteiger partial charge in [-0.1, -0.05) is 18.2 Å². The van der Waals surface area contributed by atoms with Crippen molar-refractivity contribution in [1.82, 2.24) is 15.2 Å². The molecule has 1 saturated heterocycles. The molecule has 1 fully saturated rings. The van der Waals surface area contributed by atoms with Gasteiger partial charge in [-0.3, -0.25) is 9.59 Å². The minimum atomic E-state index is -0.130. The molecule has 1 aliphatic heterocycles. The summed E-state index contributed by atoms with van der Waals surface area (Å²) >= 11 is 0. The molecule has 0 unspecified atom stereocenters. The number of carbonyl (C=O) groups is 1. The fourth-order valence-electron chi connectivity index (χ4n) is 3.91. The minimum absolute atomic E-state index is 0.0436. The van der Waals surface area contributed by atoms with Crippen LogP contribution in [0.1, 0.15) is 23.2 Å². The number of fused-ring (bicyclic) bond motifs is 2. The number of nitrogens with one attached hydrogen (secondary N) is 2. The van der Waals surface area contributed by atoms with Gasteiger partial charge in [0.05, 0.1) is 11.1 Å². The molecule has 2 N–H and O–H groups in total. The van der Waals surface area contributed by atoms with E-state index in [1.165, 1.54) is 6.42 Å². The first-order chi connectivity index (χ1) is 12.6. The Morgan fingerprint density at radius 2 is 2.00 bits per heavy atom. The summed E-state index contributed by atoms with van der Waals surface area (Å²) in [4.78, 5) is 31.1. The third-order valence-corrected chi connectivity index (χ3v) is 5.26. The molecule has 2 heterocycles. The van der Waals surface area contributed by atoms with Crippen LogP contribution in [-0.2, 0) is 0 Å². The quantitative estimate of drug-likeness (QED) is 0.715. The molecule has 4 rings (SSSR count). The second-order valence-electron chi connectivity index (χ2n) is 7.21. The van der Waals surface area contributed by atoms with Crippen LogP contribution in [-0.4, -0.2) is 42.5 Å². The van der Waals surface area contributed by atoms with E-state index in [2.05, 4.69) is 22.2 Å². The van der Waals surface area contributed by atoms with Crippen molar-refractivity contribution in [3.05, 3.63) is 58.3 Å². The number of hydrogen-bond donors (Lipinski definition) is 2. The zero-order valence-electron chi connectivity index (χ0n) is 14.9. The van der Waals surface area contributed by atoms with Crippen LogP contribution in [0.5, 0.6) is 0 Å². The third-order valence-electron chi connectivity index (χ3n) is 5.26. The van der Waals surface area contributed by atoms with Crippen molar-refractivity contribution in [1.29, 1.82) is 0 Å². The lowest BCUT2D eigenvalue weighted by Gasteiger charge is -2.29. The number of rotatable bonds is 3. The molecular formula is C21H23N3O2. The van der Waals surface area contributed by atoms with Crippen molar-refractivity contribution >= 4 is 27.7 Å². The van der Waals surface area contributed by atoms with E-state index >= 15 is 0 Å². The van der Waals surface area contributed by atoms with Crippen molar-refractivity contribution in [2.75, 3.05) is 26.7 Å². The van der Waals surface area contributed by atoms with Crippen molar-refractivity contribution in [2.24, 2.45) is 5.92 Å². The van der Waals surface area contributed by atoms with Gasteiger partial charge in [-0.15, -0.1) is 0 Å². The van der Waals surface area contributed by atoms with Gasteiger partial charge in [-0.2, -0.15) is 0 Å². The number of piperidine rings is 1. The number of amides is 1. The van der Waals surface area contributed by atoms with E-state index in [1.807, 2.05) is 18.2 Å². The molecule has 134 valence electrons. The number of H-pyrrole nitrogens is 1. The lowest BCUT2D eigenvalue weighted by molar-refractivity contribution is 0.0938. The lowest BCUT2D eigenvalue weighted by Crippen LogP contribution is -2.39. The summed E-state index contributed by atoms with van der Waals surface area (Å²) in [6.45, 7) is 2.80. The summed E-state index contributed by atoms with van der Waals surface area (Å²) in [5.74, 6) is 0.349. The van der Waals surface area contributed by atoms with Gasteiger partial charge in [-0.25, -0.2) is 0 Å². The van der Waals surface area contributed by atoms with Crippen LogP contribution in [0.4, 0.5) is 0 Å². The van der Waals surface area contributed by atoms with E-state index in [0.717, 1.165) is 25.0 Å². The maximum absolute atomic E-state index is 12.8. The molecular weight excluding hydrogens is 326 g/mol. The number of nitrogens with zero attached hydrogens (tertiary/aromatic N) is 1. The SMILES string of the molecule is CN1CCC[C@H](CNC(=O)c2cccc3c(=O)c4ccccc4[nH]c23)C1. The first kappa shape index (κ1) is 16.8. The second kappa shape index (κ2) is 6.92. The smallest absolute Gasteiger partial charge is 0.253 e. The maximum atomic E-state index is 12.8. The third kappa shape index (κ3) is 3.10. The number of likely N-dealkylation sites (tertiary alicyclic amines) is 1. The van der Waals surface area contributed by atoms with Gasteiger partial charge >= 0.3 is 0 Å². The van der Waals surface area contributed by atoms with E-state index in [9.17, 15) is 9.59 Å². The van der Waals surface area contributed by atoms with Crippen LogP contribution in [0.3, 0.4) is 0 Å². The molecule has 5 heteroatoms. The van der Waals surface area contributed by atoms with E-state index in [-0.39, 0.29) is 11.3 Å². The molecule has 1 atom stereocenters. The maximum Gasteiger partial charge on any atom is 0.253 e. The van der Waals surface area contributed by atoms with E-state index in [4.69, 9.17) is 0 Å². The number of hydrogen-bond acceptors (Lipinski definition) is 3. The Kier molecular flexibility index (Phi) is 4.47. The van der Waals surface area contributed by atoms with Crippen molar-refractivity contribution in [3.63, 3.8) is 0 Å². The van der Waals surface area contributed by atoms with Crippen LogP contribution in [0, 0.1) is 5.92 Å². The minimum Gasteiger partial charge on any atom is -0.354 e. The van der Waals surface area contributed by atoms with Gasteiger partial charge in [0.1, 0.15) is 0 Å². The Hall–Kier alpha value is -2.66. The van der Waals surface area contributed by atoms with E-state index < -0.39 is 0 Å². The topological polar surface area (TPSA) is 65.2 Å². The predicted octanol–water partition coefficient (Wildman–Crippen LogP) is 2.75. The summed E-state index contributed by atoms with van der Waals surface area (Å²) in [6.07, 6.45) is 2.31. The molecule has 0 radical (unpaired) electrons. The van der Waals surface area contributed by atoms with Gasteiger partial charge in [0.2, 0.25) is 0 Å². The fraction of sp³-hybridized carbons (Fsp3) is 0.333. The molecule has 1 amide bonds. The molecule has 0 aliphatic carbocycles. The standard InChI is InChI=1S/C21H23N3O2/c1-24-11-5-6-14(13-24)12-22-21(26)17-9-4-8-16-19(17)23-18-10-3-2-7-15(18)20(16)25/h2-4,7-10,14H,5-6,11-13H2,1H3,(H,22,26)(H,23,25)/t14-/m1/s1. The van der Waals surface area contributed by atoms with E-state index in [0.29, 0.717) is 34.3 Å². The van der Waals surface area contributed by atoms with Crippen molar-refractivity contribution < 1.29 is 4.79 Å². The average molecular weight is 349 g/mol. The number of aromatic nitrogens is 1. The highest BCUT2D eigenvalue weighted by Gasteiger charge is 2.19. The molecule has 3 aromatic rings. The van der Waals surface area contributed by atoms with Crippen LogP contribution in [0.2, 0.25) is 0 Å². The highest BCUT2D eigenvalue weighted by atomic mass is 16.1. The Labute approximate surface area is 152 Å². The summed E-state index contributed by atoms with van der Waals surface area (Å²) in [6, 6.07) is 12.7. The number of carbonyl (C=O) groups excluding carboxylic acids is 1. The molecule has 26 heavy (non-hydrogen) atoms. The molecule has 0 saturated carbocycles. The Bertz CT molecular complexity index is 1020. The van der Waals surface area contributed by atoms with Gasteiger partial charge in [0.15, 0.2) is 5.43 Å². The van der Waals surface area contributed by atoms with Gasteiger partial charge < -0.3 is 15.2 Å². The van der Waals surface area contributed by atoms with Gasteiger partial charge in [-0.05, 0) is 56.6 Å². The predicted molar refractivity (Wildman–Crippen MR) is 105 cm³/mol. The second-order valence-corrected chi connectivity index (χ2v) is 7.21. The number of para-hydroxylation sites is 2. The Morgan fingerprint density at radius 3 is 2.85 bits per heavy atom. The van der Waals surface area contributed by atoms with Crippen LogP contribution < -0.4 is 10.7 Å². The van der Waals surface area contributed by atoms with Gasteiger partial charge in [0.25, 0.3) is 5.91 Å². The Morgan fingerprint density at radius 1 is 1.19 bits per heavy atom. The van der Waals surface area contributed by atoms with Crippen LogP contribution >= 0.6 is 0 Å². The first-order valence-corrected chi connectivity index (χ1v) is 9.14. The van der Waals surface area contributed by atoms with Crippen LogP contribution in [0.25, 0.3) is 21.8 Å². The summed E-state index contributed by atoms with van der Waals surface area (Å²) in [7, 11) is 2.12. The molecule has 1 aliphatic rings. The number of aromatic amines is 1. The van der Waals surface area contributed by atoms with Crippen molar-refractivity contribution in [3.8, 4) is 0 Å². The van der Waals surface area contributed by atoms with E-state index in [1.54, 1.807) is 24.3 Å². The normalized spacial score (nSPS) is 18.3. The molecule has 0 bridgehead atoms. The molecule has 1 aromatic heterocycles. The molecule has 5 nitrogen and oxygen atoms in total. The molecule has 0 spiro atoms. The lowest BCUT2D eigenvalue weighted by atomic mass is 9.98. The van der Waals surface area contributed by atoms with Crippen molar-refractivity contribution in [2.45, 2.75) is 12.8 Å². The Balaban J connectivity index is 1.65. The van der Waals surface area contributed by atoms with Crippen LogP contribution in [0.15, 0.2) is 47.3 Å². The fourth-order valence-corrected chi connectivity index (χ4v) is 3.91. The number of benzene rings is 2. The highest BCUT2D eigenvalue weighted by molar-refractivity contribution is 6.07. The summed E-state index contributed by atoms with van der Waals surface area (Å²) in [5, 5.41) is 4.25. The monoisotopic (exact) mass is 349 g/mol. The zero-order chi connectivity index (χ0) is 18.1. The summed E-state index contributed by atoms with van der Waals surface area (Å²) < 4.78 is 0.